The molecule has 3 aromatic rings. The van der Waals surface area contributed by atoms with Crippen LogP contribution in [0.25, 0.3) is 5.76 Å². The molecule has 5 nitrogen and oxygen atoms in total. The molecule has 1 atom stereocenters. The van der Waals surface area contributed by atoms with E-state index < -0.39 is 17.7 Å². The van der Waals surface area contributed by atoms with E-state index in [9.17, 15) is 14.7 Å². The van der Waals surface area contributed by atoms with Gasteiger partial charge in [0.15, 0.2) is 0 Å². The van der Waals surface area contributed by atoms with Crippen LogP contribution in [-0.2, 0) is 16.1 Å². The summed E-state index contributed by atoms with van der Waals surface area (Å²) < 4.78 is 5.39. The van der Waals surface area contributed by atoms with E-state index in [0.29, 0.717) is 15.6 Å². The average Bonchev–Trinajstić information content (AvgIpc) is 3.36. The van der Waals surface area contributed by atoms with Gasteiger partial charge in [0.25, 0.3) is 11.7 Å². The van der Waals surface area contributed by atoms with Crippen molar-refractivity contribution in [2.75, 3.05) is 7.11 Å². The molecular formula is C24H19Cl2NO4S. The number of methoxy groups -OCH3 is 1. The van der Waals surface area contributed by atoms with Crippen LogP contribution >= 0.6 is 34.5 Å². The lowest BCUT2D eigenvalue weighted by molar-refractivity contribution is -0.140. The van der Waals surface area contributed by atoms with Gasteiger partial charge < -0.3 is 14.7 Å². The molecule has 1 N–H and O–H groups in total. The number of amides is 1. The Labute approximate surface area is 199 Å². The highest BCUT2D eigenvalue weighted by molar-refractivity contribution is 7.09. The second kappa shape index (κ2) is 8.98. The quantitative estimate of drug-likeness (QED) is 0.272. The zero-order valence-electron chi connectivity index (χ0n) is 17.3. The summed E-state index contributed by atoms with van der Waals surface area (Å²) in [5, 5.41) is 14.0. The van der Waals surface area contributed by atoms with Gasteiger partial charge in [0.05, 0.1) is 35.9 Å². The molecular weight excluding hydrogens is 469 g/mol. The molecule has 8 heteroatoms. The van der Waals surface area contributed by atoms with Gasteiger partial charge >= 0.3 is 0 Å². The van der Waals surface area contributed by atoms with Crippen LogP contribution in [0.3, 0.4) is 0 Å². The second-order valence-electron chi connectivity index (χ2n) is 7.39. The normalized spacial score (nSPS) is 17.8. The predicted octanol–water partition coefficient (Wildman–Crippen LogP) is 5.99. The fourth-order valence-corrected chi connectivity index (χ4v) is 5.04. The molecule has 32 heavy (non-hydrogen) atoms. The number of carbonyl (C=O) groups is 2. The van der Waals surface area contributed by atoms with Gasteiger partial charge in [0.2, 0.25) is 0 Å². The first-order valence-electron chi connectivity index (χ1n) is 9.72. The van der Waals surface area contributed by atoms with Crippen LogP contribution in [0.2, 0.25) is 10.0 Å². The smallest absolute Gasteiger partial charge is 0.295 e. The zero-order chi connectivity index (χ0) is 23.0. The van der Waals surface area contributed by atoms with E-state index in [4.69, 9.17) is 27.9 Å². The fraction of sp³-hybridized carbons (Fsp3) is 0.167. The minimum atomic E-state index is -0.793. The summed E-state index contributed by atoms with van der Waals surface area (Å²) in [5.74, 6) is -1.55. The van der Waals surface area contributed by atoms with E-state index in [-0.39, 0.29) is 29.2 Å². The Morgan fingerprint density at radius 3 is 2.50 bits per heavy atom. The van der Waals surface area contributed by atoms with Gasteiger partial charge in [-0.05, 0) is 53.8 Å². The highest BCUT2D eigenvalue weighted by Gasteiger charge is 2.46. The fourth-order valence-electron chi connectivity index (χ4n) is 3.86. The van der Waals surface area contributed by atoms with Crippen LogP contribution in [0.4, 0.5) is 0 Å². The molecule has 2 heterocycles. The number of nitrogens with zero attached hydrogens (tertiary/aromatic N) is 1. The monoisotopic (exact) mass is 487 g/mol. The number of likely N-dealkylation sites (tertiary alicyclic amines) is 1. The maximum absolute atomic E-state index is 13.2. The third-order valence-electron chi connectivity index (χ3n) is 5.28. The lowest BCUT2D eigenvalue weighted by atomic mass is 9.94. The molecule has 4 rings (SSSR count). The third-order valence-corrected chi connectivity index (χ3v) is 6.67. The Balaban J connectivity index is 1.93. The molecule has 1 saturated heterocycles. The van der Waals surface area contributed by atoms with Crippen molar-refractivity contribution in [3.8, 4) is 5.75 Å². The molecule has 1 amide bonds. The molecule has 0 bridgehead atoms. The van der Waals surface area contributed by atoms with Crippen molar-refractivity contribution in [2.45, 2.75) is 19.5 Å². The highest BCUT2D eigenvalue weighted by Crippen LogP contribution is 2.43. The van der Waals surface area contributed by atoms with Crippen LogP contribution in [-0.4, -0.2) is 28.8 Å². The van der Waals surface area contributed by atoms with E-state index in [2.05, 4.69) is 0 Å². The first kappa shape index (κ1) is 22.4. The SMILES string of the molecule is COc1c(Cl)cc(C)cc1/C(O)=C1\C(=O)C(=O)N(Cc2cccs2)C1c1ccc(Cl)cc1. The number of aliphatic hydroxyl groups excluding tert-OH is 1. The lowest BCUT2D eigenvalue weighted by Gasteiger charge is -2.25. The number of carbonyl (C=O) groups excluding carboxylic acids is 2. The molecule has 0 aliphatic carbocycles. The van der Waals surface area contributed by atoms with Crippen LogP contribution < -0.4 is 4.74 Å². The minimum Gasteiger partial charge on any atom is -0.507 e. The number of benzene rings is 2. The van der Waals surface area contributed by atoms with Crippen molar-refractivity contribution >= 4 is 52.0 Å². The Kier molecular flexibility index (Phi) is 6.29. The maximum atomic E-state index is 13.2. The van der Waals surface area contributed by atoms with Crippen molar-refractivity contribution in [2.24, 2.45) is 0 Å². The number of ether oxygens (including phenoxy) is 1. The Hall–Kier alpha value is -2.80. The van der Waals surface area contributed by atoms with E-state index >= 15 is 0 Å². The molecule has 0 saturated carbocycles. The molecule has 2 aromatic carbocycles. The van der Waals surface area contributed by atoms with E-state index in [1.54, 1.807) is 36.4 Å². The number of aryl methyl sites for hydroxylation is 1. The summed E-state index contributed by atoms with van der Waals surface area (Å²) in [6.07, 6.45) is 0. The highest BCUT2D eigenvalue weighted by atomic mass is 35.5. The number of Topliss-reactive ketones (excluding diaryl/α,β-unsaturated/α-hetero) is 1. The molecule has 1 aliphatic heterocycles. The number of thiophene rings is 1. The summed E-state index contributed by atoms with van der Waals surface area (Å²) in [4.78, 5) is 28.6. The molecule has 1 fully saturated rings. The molecule has 0 radical (unpaired) electrons. The van der Waals surface area contributed by atoms with E-state index in [1.165, 1.54) is 23.3 Å². The van der Waals surface area contributed by atoms with Crippen LogP contribution in [0, 0.1) is 6.92 Å². The van der Waals surface area contributed by atoms with Crippen molar-refractivity contribution in [3.05, 3.63) is 91.1 Å². The number of rotatable bonds is 5. The maximum Gasteiger partial charge on any atom is 0.295 e. The third kappa shape index (κ3) is 4.01. The number of ketones is 1. The lowest BCUT2D eigenvalue weighted by Crippen LogP contribution is -2.28. The van der Waals surface area contributed by atoms with Crippen molar-refractivity contribution < 1.29 is 19.4 Å². The van der Waals surface area contributed by atoms with Crippen molar-refractivity contribution in [1.29, 1.82) is 0 Å². The van der Waals surface area contributed by atoms with Gasteiger partial charge in [0, 0.05) is 9.90 Å². The van der Waals surface area contributed by atoms with Gasteiger partial charge in [-0.15, -0.1) is 11.3 Å². The number of halogens is 2. The predicted molar refractivity (Wildman–Crippen MR) is 126 cm³/mol. The number of hydrogen-bond donors (Lipinski definition) is 1. The van der Waals surface area contributed by atoms with Gasteiger partial charge in [0.1, 0.15) is 11.5 Å². The summed E-state index contributed by atoms with van der Waals surface area (Å²) >= 11 is 13.9. The summed E-state index contributed by atoms with van der Waals surface area (Å²) in [6.45, 7) is 2.05. The average molecular weight is 488 g/mol. The van der Waals surface area contributed by atoms with E-state index in [0.717, 1.165) is 10.4 Å². The Morgan fingerprint density at radius 2 is 1.88 bits per heavy atom. The summed E-state index contributed by atoms with van der Waals surface area (Å²) in [6, 6.07) is 13.2. The van der Waals surface area contributed by atoms with Crippen molar-refractivity contribution in [1.82, 2.24) is 4.90 Å². The molecule has 0 spiro atoms. The van der Waals surface area contributed by atoms with Gasteiger partial charge in [-0.3, -0.25) is 9.59 Å². The van der Waals surface area contributed by atoms with Gasteiger partial charge in [-0.1, -0.05) is 41.4 Å². The largest absolute Gasteiger partial charge is 0.507 e. The first-order valence-corrected chi connectivity index (χ1v) is 11.4. The zero-order valence-corrected chi connectivity index (χ0v) is 19.6. The Morgan fingerprint density at radius 1 is 1.16 bits per heavy atom. The standard InChI is InChI=1S/C24H19Cl2NO4S/c1-13-10-17(23(31-2)18(26)11-13)21(28)19-20(14-5-7-15(25)8-6-14)27(24(30)22(19)29)12-16-4-3-9-32-16/h3-11,20,28H,12H2,1-2H3/b21-19+. The van der Waals surface area contributed by atoms with Gasteiger partial charge in [-0.2, -0.15) is 0 Å². The second-order valence-corrected chi connectivity index (χ2v) is 9.26. The Bertz CT molecular complexity index is 1220. The van der Waals surface area contributed by atoms with Crippen LogP contribution in [0.5, 0.6) is 5.75 Å². The van der Waals surface area contributed by atoms with Crippen molar-refractivity contribution in [3.63, 3.8) is 0 Å². The molecule has 164 valence electrons. The van der Waals surface area contributed by atoms with Crippen LogP contribution in [0.15, 0.2) is 59.5 Å². The summed E-state index contributed by atoms with van der Waals surface area (Å²) in [5.41, 5.74) is 1.66. The van der Waals surface area contributed by atoms with Gasteiger partial charge in [-0.25, -0.2) is 0 Å². The topological polar surface area (TPSA) is 66.8 Å². The molecule has 1 unspecified atom stereocenters. The summed E-state index contributed by atoms with van der Waals surface area (Å²) in [7, 11) is 1.43. The molecule has 1 aromatic heterocycles. The number of aliphatic hydroxyl groups is 1. The molecule has 1 aliphatic rings. The first-order chi connectivity index (χ1) is 15.3. The minimum absolute atomic E-state index is 0.0196. The van der Waals surface area contributed by atoms with E-state index in [1.807, 2.05) is 24.4 Å². The van der Waals surface area contributed by atoms with Crippen LogP contribution in [0.1, 0.15) is 27.6 Å². The number of hydrogen-bond acceptors (Lipinski definition) is 5.